The Morgan fingerprint density at radius 2 is 0.581 bits per heavy atom. The Balaban J connectivity index is 0.000000213. The summed E-state index contributed by atoms with van der Waals surface area (Å²) in [5.41, 5.74) is 0. The Kier molecular flexibility index (Phi) is 11.9. The second kappa shape index (κ2) is 14.4. The summed E-state index contributed by atoms with van der Waals surface area (Å²) in [6, 6.07) is 43.3. The van der Waals surface area contributed by atoms with Crippen molar-refractivity contribution in [3.63, 3.8) is 0 Å². The van der Waals surface area contributed by atoms with Crippen molar-refractivity contribution in [1.29, 1.82) is 0 Å². The van der Waals surface area contributed by atoms with Gasteiger partial charge in [0.05, 0.1) is 0 Å². The van der Waals surface area contributed by atoms with E-state index < -0.39 is 0 Å². The van der Waals surface area contributed by atoms with E-state index in [0.29, 0.717) is 0 Å². The maximum atomic E-state index is 2.27. The molecule has 4 aromatic carbocycles. The van der Waals surface area contributed by atoms with E-state index in [1.54, 1.807) is 0 Å². The zero-order valence-electron chi connectivity index (χ0n) is 18.2. The van der Waals surface area contributed by atoms with Crippen molar-refractivity contribution in [3.05, 3.63) is 121 Å². The van der Waals surface area contributed by atoms with E-state index in [0.717, 1.165) is 0 Å². The molecule has 0 N–H and O–H groups in total. The topological polar surface area (TPSA) is 0 Å². The minimum absolute atomic E-state index is 0. The first-order chi connectivity index (χ1) is 14.8. The van der Waals surface area contributed by atoms with E-state index in [2.05, 4.69) is 135 Å². The molecule has 4 rings (SSSR count). The molecule has 0 aromatic heterocycles. The number of hydrogen-bond donors (Lipinski definition) is 0. The molecule has 0 heterocycles. The molecule has 3 heteroatoms. The van der Waals surface area contributed by atoms with Gasteiger partial charge in [-0.05, 0) is 49.4 Å². The zero-order chi connectivity index (χ0) is 21.0. The van der Waals surface area contributed by atoms with Crippen LogP contribution in [0.5, 0.6) is 0 Å². The van der Waals surface area contributed by atoms with Crippen LogP contribution in [-0.4, -0.2) is 12.3 Å². The van der Waals surface area contributed by atoms with Crippen molar-refractivity contribution < 1.29 is 19.5 Å². The Morgan fingerprint density at radius 1 is 0.387 bits per heavy atom. The molecule has 0 radical (unpaired) electrons. The van der Waals surface area contributed by atoms with Crippen molar-refractivity contribution in [2.45, 2.75) is 13.8 Å². The van der Waals surface area contributed by atoms with Gasteiger partial charge in [0.2, 0.25) is 0 Å². The van der Waals surface area contributed by atoms with Gasteiger partial charge in [0.1, 0.15) is 0 Å². The second-order valence-electron chi connectivity index (χ2n) is 6.83. The summed E-state index contributed by atoms with van der Waals surface area (Å²) in [5, 5.41) is 5.89. The molecule has 0 aliphatic carbocycles. The van der Waals surface area contributed by atoms with Crippen LogP contribution < -0.4 is 21.2 Å². The summed E-state index contributed by atoms with van der Waals surface area (Å²) < 4.78 is 0. The molecule has 0 nitrogen and oxygen atoms in total. The van der Waals surface area contributed by atoms with Gasteiger partial charge >= 0.3 is 0 Å². The van der Waals surface area contributed by atoms with Gasteiger partial charge < -0.3 is 0 Å². The maximum absolute atomic E-state index is 2.27. The van der Waals surface area contributed by atoms with Gasteiger partial charge in [0.25, 0.3) is 0 Å². The Hall–Kier alpha value is -1.64. The maximum Gasteiger partial charge on any atom is 0 e. The van der Waals surface area contributed by atoms with Crippen LogP contribution in [0.25, 0.3) is 0 Å². The molecule has 0 amide bonds. The van der Waals surface area contributed by atoms with Crippen LogP contribution in [0.15, 0.2) is 121 Å². The van der Waals surface area contributed by atoms with Gasteiger partial charge in [-0.2, -0.15) is 0 Å². The van der Waals surface area contributed by atoms with Crippen LogP contribution in [0.1, 0.15) is 13.8 Å². The summed E-state index contributed by atoms with van der Waals surface area (Å²) in [6.07, 6.45) is 2.42. The molecule has 0 saturated carbocycles. The molecular weight excluding hydrogens is 499 g/mol. The molecule has 0 unspecified atom stereocenters. The molecule has 0 saturated heterocycles. The van der Waals surface area contributed by atoms with E-state index in [1.165, 1.54) is 33.5 Å². The van der Waals surface area contributed by atoms with Crippen LogP contribution in [-0.2, 0) is 19.5 Å². The second-order valence-corrected chi connectivity index (χ2v) is 11.9. The average molecular weight is 530 g/mol. The van der Waals surface area contributed by atoms with Crippen LogP contribution in [0.3, 0.4) is 0 Å². The summed E-state index contributed by atoms with van der Waals surface area (Å²) in [5.74, 6) is 0. The molecule has 0 fully saturated rings. The average Bonchev–Trinajstić information content (AvgIpc) is 2.83. The molecule has 4 aromatic rings. The summed E-state index contributed by atoms with van der Waals surface area (Å²) in [7, 11) is -0.297. The minimum atomic E-state index is -0.149. The van der Waals surface area contributed by atoms with Crippen LogP contribution in [0.4, 0.5) is 0 Å². The quantitative estimate of drug-likeness (QED) is 0.204. The van der Waals surface area contributed by atoms with Crippen LogP contribution in [0, 0.1) is 0 Å². The molecule has 160 valence electrons. The van der Waals surface area contributed by atoms with E-state index in [9.17, 15) is 0 Å². The first-order valence-electron chi connectivity index (χ1n) is 10.6. The first kappa shape index (κ1) is 25.6. The SMILES string of the molecule is CCP(c1ccccc1)c1ccccc1.CCP(c1ccccc1)c1ccccc1.[Ru]. The largest absolute Gasteiger partial charge is 0.0622 e. The normalized spacial score (nSPS) is 10.2. The molecule has 0 spiro atoms. The van der Waals surface area contributed by atoms with Crippen molar-refractivity contribution in [1.82, 2.24) is 0 Å². The van der Waals surface area contributed by atoms with Gasteiger partial charge in [-0.1, -0.05) is 135 Å². The first-order valence-corrected chi connectivity index (χ1v) is 13.6. The fraction of sp³-hybridized carbons (Fsp3) is 0.143. The van der Waals surface area contributed by atoms with Gasteiger partial charge in [0, 0.05) is 19.5 Å². The van der Waals surface area contributed by atoms with Gasteiger partial charge in [-0.3, -0.25) is 0 Å². The molecule has 0 atom stereocenters. The Bertz CT molecular complexity index is 799. The van der Waals surface area contributed by atoms with E-state index in [-0.39, 0.29) is 35.3 Å². The van der Waals surface area contributed by atoms with E-state index in [1.807, 2.05) is 0 Å². The van der Waals surface area contributed by atoms with Crippen molar-refractivity contribution in [2.75, 3.05) is 12.3 Å². The minimum Gasteiger partial charge on any atom is -0.0622 e. The predicted molar refractivity (Wildman–Crippen MR) is 139 cm³/mol. The molecule has 31 heavy (non-hydrogen) atoms. The Labute approximate surface area is 203 Å². The zero-order valence-corrected chi connectivity index (χ0v) is 21.7. The summed E-state index contributed by atoms with van der Waals surface area (Å²) in [6.45, 7) is 4.54. The van der Waals surface area contributed by atoms with Crippen LogP contribution in [0.2, 0.25) is 0 Å². The Morgan fingerprint density at radius 3 is 0.742 bits per heavy atom. The van der Waals surface area contributed by atoms with Gasteiger partial charge in [-0.25, -0.2) is 0 Å². The summed E-state index contributed by atoms with van der Waals surface area (Å²) in [4.78, 5) is 0. The van der Waals surface area contributed by atoms with Crippen molar-refractivity contribution in [2.24, 2.45) is 0 Å². The standard InChI is InChI=1S/2C14H15P.Ru/c2*1-2-15(13-9-5-3-6-10-13)14-11-7-4-8-12-14;/h2*3-12H,2H2,1H3;. The third kappa shape index (κ3) is 7.77. The fourth-order valence-electron chi connectivity index (χ4n) is 3.46. The third-order valence-electron chi connectivity index (χ3n) is 4.90. The summed E-state index contributed by atoms with van der Waals surface area (Å²) >= 11 is 0. The predicted octanol–water partition coefficient (Wildman–Crippen LogP) is 6.28. The number of rotatable bonds is 6. The monoisotopic (exact) mass is 530 g/mol. The van der Waals surface area contributed by atoms with E-state index in [4.69, 9.17) is 0 Å². The molecular formula is C28H30P2Ru. The van der Waals surface area contributed by atoms with E-state index >= 15 is 0 Å². The molecule has 0 bridgehead atoms. The van der Waals surface area contributed by atoms with Gasteiger partial charge in [-0.15, -0.1) is 0 Å². The molecule has 0 aliphatic rings. The van der Waals surface area contributed by atoms with Crippen molar-refractivity contribution in [3.8, 4) is 0 Å². The fourth-order valence-corrected chi connectivity index (χ4v) is 7.65. The number of benzene rings is 4. The van der Waals surface area contributed by atoms with Crippen molar-refractivity contribution >= 4 is 37.1 Å². The molecule has 0 aliphatic heterocycles. The number of hydrogen-bond acceptors (Lipinski definition) is 0. The van der Waals surface area contributed by atoms with Gasteiger partial charge in [0.15, 0.2) is 0 Å². The third-order valence-corrected chi connectivity index (χ3v) is 9.85. The van der Waals surface area contributed by atoms with Crippen LogP contribution >= 0.6 is 15.8 Å². The smallest absolute Gasteiger partial charge is 0 e.